The Labute approximate surface area is 229 Å². The van der Waals surface area contributed by atoms with Crippen molar-refractivity contribution in [1.29, 1.82) is 0 Å². The molecule has 0 unspecified atom stereocenters. The van der Waals surface area contributed by atoms with Crippen LogP contribution in [0.2, 0.25) is 0 Å². The van der Waals surface area contributed by atoms with Crippen molar-refractivity contribution >= 4 is 11.9 Å². The topological polar surface area (TPSA) is 52.6 Å². The molecular weight excluding hydrogens is 460 g/mol. The van der Waals surface area contributed by atoms with Gasteiger partial charge < -0.3 is 9.47 Å². The number of hydrogen-bond acceptors (Lipinski definition) is 4. The van der Waals surface area contributed by atoms with Gasteiger partial charge in [-0.2, -0.15) is 0 Å². The van der Waals surface area contributed by atoms with E-state index in [-0.39, 0.29) is 11.9 Å². The second-order valence-corrected chi connectivity index (χ2v) is 9.39. The van der Waals surface area contributed by atoms with E-state index in [4.69, 9.17) is 9.47 Å². The van der Waals surface area contributed by atoms with Crippen molar-refractivity contribution in [2.45, 2.75) is 137 Å². The molecule has 0 aliphatic rings. The molecule has 4 nitrogen and oxygen atoms in total. The van der Waals surface area contributed by atoms with Crippen LogP contribution in [-0.2, 0) is 19.1 Å². The number of hydrogen-bond donors (Lipinski definition) is 0. The highest BCUT2D eigenvalue weighted by atomic mass is 16.5. The average molecular weight is 519 g/mol. The summed E-state index contributed by atoms with van der Waals surface area (Å²) in [6, 6.07) is 0. The van der Waals surface area contributed by atoms with E-state index in [2.05, 4.69) is 62.5 Å². The van der Waals surface area contributed by atoms with Crippen molar-refractivity contribution in [1.82, 2.24) is 0 Å². The fourth-order valence-corrected chi connectivity index (χ4v) is 3.40. The van der Waals surface area contributed by atoms with Gasteiger partial charge in [0.15, 0.2) is 0 Å². The van der Waals surface area contributed by atoms with E-state index >= 15 is 0 Å². The molecule has 0 radical (unpaired) electrons. The van der Waals surface area contributed by atoms with Crippen LogP contribution >= 0.6 is 0 Å². The van der Waals surface area contributed by atoms with E-state index in [1.54, 1.807) is 0 Å². The standard InChI is InChI=1S/C18H30O2.C15H28O2/c1-3-4-5-6-7-8-9-10-11-12-13-14-15-16-17-20-18(2)19;1-3-4-5-6-7-8-9-10-11-12-13-14-17-15(2)16/h7-8,11-14H,3-6,9-10,15-17H2,1-2H3;10-11H,3-9,12-14H2,1-2H3/b8-7-,12-11-,14-13+;11-10-. The Kier molecular flexibility index (Phi) is 33.9. The zero-order valence-corrected chi connectivity index (χ0v) is 24.7. The number of esters is 2. The van der Waals surface area contributed by atoms with Gasteiger partial charge in [0.25, 0.3) is 0 Å². The Morgan fingerprint density at radius 2 is 0.811 bits per heavy atom. The van der Waals surface area contributed by atoms with Gasteiger partial charge >= 0.3 is 11.9 Å². The van der Waals surface area contributed by atoms with E-state index in [0.717, 1.165) is 38.5 Å². The van der Waals surface area contributed by atoms with Gasteiger partial charge in [0.2, 0.25) is 0 Å². The first-order chi connectivity index (χ1) is 18.0. The lowest BCUT2D eigenvalue weighted by molar-refractivity contribution is -0.142. The summed E-state index contributed by atoms with van der Waals surface area (Å²) >= 11 is 0. The highest BCUT2D eigenvalue weighted by molar-refractivity contribution is 5.66. The minimum atomic E-state index is -0.198. The fourth-order valence-electron chi connectivity index (χ4n) is 3.40. The number of carbonyl (C=O) groups excluding carboxylic acids is 2. The van der Waals surface area contributed by atoms with E-state index < -0.39 is 0 Å². The zero-order chi connectivity index (χ0) is 27.7. The van der Waals surface area contributed by atoms with Gasteiger partial charge in [-0.25, -0.2) is 0 Å². The first kappa shape index (κ1) is 37.1. The lowest BCUT2D eigenvalue weighted by Gasteiger charge is -1.99. The third kappa shape index (κ3) is 41.3. The smallest absolute Gasteiger partial charge is 0.302 e. The van der Waals surface area contributed by atoms with E-state index in [0.29, 0.717) is 13.2 Å². The van der Waals surface area contributed by atoms with Crippen molar-refractivity contribution in [3.8, 4) is 0 Å². The van der Waals surface area contributed by atoms with E-state index in [9.17, 15) is 9.59 Å². The van der Waals surface area contributed by atoms with Crippen LogP contribution in [0.3, 0.4) is 0 Å². The van der Waals surface area contributed by atoms with Crippen LogP contribution in [-0.4, -0.2) is 25.2 Å². The Morgan fingerprint density at radius 3 is 1.35 bits per heavy atom. The number of allylic oxidation sites excluding steroid dienone is 8. The number of unbranched alkanes of at least 4 members (excludes halogenated alkanes) is 12. The summed E-state index contributed by atoms with van der Waals surface area (Å²) in [5, 5.41) is 0. The largest absolute Gasteiger partial charge is 0.466 e. The van der Waals surface area contributed by atoms with Crippen molar-refractivity contribution in [3.63, 3.8) is 0 Å². The molecule has 0 aliphatic heterocycles. The molecule has 0 aromatic carbocycles. The third-order valence-corrected chi connectivity index (χ3v) is 5.56. The minimum absolute atomic E-state index is 0.180. The normalized spacial score (nSPS) is 11.5. The molecule has 0 N–H and O–H groups in total. The van der Waals surface area contributed by atoms with Gasteiger partial charge in [-0.1, -0.05) is 107 Å². The molecule has 0 aliphatic carbocycles. The van der Waals surface area contributed by atoms with Gasteiger partial charge in [0, 0.05) is 13.8 Å². The molecule has 0 aromatic heterocycles. The van der Waals surface area contributed by atoms with Crippen molar-refractivity contribution < 1.29 is 19.1 Å². The summed E-state index contributed by atoms with van der Waals surface area (Å²) in [4.78, 5) is 21.0. The molecule has 0 saturated carbocycles. The predicted octanol–water partition coefficient (Wildman–Crippen LogP) is 10.00. The Morgan fingerprint density at radius 1 is 0.459 bits per heavy atom. The fraction of sp³-hybridized carbons (Fsp3) is 0.697. The molecule has 0 fully saturated rings. The molecule has 0 atom stereocenters. The van der Waals surface area contributed by atoms with Crippen LogP contribution in [0.5, 0.6) is 0 Å². The molecule has 37 heavy (non-hydrogen) atoms. The first-order valence-corrected chi connectivity index (χ1v) is 14.9. The highest BCUT2D eigenvalue weighted by Crippen LogP contribution is 2.07. The van der Waals surface area contributed by atoms with Gasteiger partial charge in [-0.15, -0.1) is 0 Å². The molecule has 214 valence electrons. The molecular formula is C33H58O4. The van der Waals surface area contributed by atoms with Gasteiger partial charge in [-0.3, -0.25) is 9.59 Å². The van der Waals surface area contributed by atoms with Gasteiger partial charge in [0.1, 0.15) is 0 Å². The van der Waals surface area contributed by atoms with Crippen molar-refractivity contribution in [2.75, 3.05) is 13.2 Å². The predicted molar refractivity (Wildman–Crippen MR) is 160 cm³/mol. The monoisotopic (exact) mass is 518 g/mol. The summed E-state index contributed by atoms with van der Waals surface area (Å²) in [7, 11) is 0. The lowest BCUT2D eigenvalue weighted by Crippen LogP contribution is -1.99. The van der Waals surface area contributed by atoms with Crippen LogP contribution in [0, 0.1) is 0 Å². The summed E-state index contributed by atoms with van der Waals surface area (Å²) in [5.41, 5.74) is 0. The first-order valence-electron chi connectivity index (χ1n) is 14.9. The maximum absolute atomic E-state index is 10.5. The van der Waals surface area contributed by atoms with Crippen LogP contribution in [0.15, 0.2) is 48.6 Å². The molecule has 0 aromatic rings. The van der Waals surface area contributed by atoms with Gasteiger partial charge in [0.05, 0.1) is 13.2 Å². The molecule has 0 spiro atoms. The zero-order valence-electron chi connectivity index (χ0n) is 24.7. The second-order valence-electron chi connectivity index (χ2n) is 9.39. The molecule has 0 heterocycles. The molecule has 0 bridgehead atoms. The summed E-state index contributed by atoms with van der Waals surface area (Å²) < 4.78 is 9.70. The molecule has 0 saturated heterocycles. The Bertz CT molecular complexity index is 601. The van der Waals surface area contributed by atoms with Crippen LogP contribution in [0.1, 0.15) is 137 Å². The second kappa shape index (κ2) is 33.9. The highest BCUT2D eigenvalue weighted by Gasteiger charge is 1.91. The molecule has 4 heteroatoms. The maximum Gasteiger partial charge on any atom is 0.302 e. The van der Waals surface area contributed by atoms with Gasteiger partial charge in [-0.05, 0) is 64.2 Å². The van der Waals surface area contributed by atoms with E-state index in [1.807, 2.05) is 0 Å². The van der Waals surface area contributed by atoms with Crippen LogP contribution in [0.4, 0.5) is 0 Å². The quantitative estimate of drug-likeness (QED) is 0.0584. The SMILES string of the molecule is CCCCC/C=C\CC/C=C\C=C\CCCOC(C)=O.CCCCCCCC/C=C\CCCOC(C)=O. The van der Waals surface area contributed by atoms with Crippen LogP contribution < -0.4 is 0 Å². The average Bonchev–Trinajstić information content (AvgIpc) is 2.87. The Balaban J connectivity index is 0. The lowest BCUT2D eigenvalue weighted by atomic mass is 10.1. The molecule has 0 amide bonds. The van der Waals surface area contributed by atoms with Crippen molar-refractivity contribution in [2.24, 2.45) is 0 Å². The van der Waals surface area contributed by atoms with Crippen LogP contribution in [0.25, 0.3) is 0 Å². The third-order valence-electron chi connectivity index (χ3n) is 5.56. The number of carbonyl (C=O) groups is 2. The Hall–Kier alpha value is -2.10. The number of ether oxygens (including phenoxy) is 2. The summed E-state index contributed by atoms with van der Waals surface area (Å²) in [6.45, 7) is 8.45. The number of rotatable bonds is 23. The summed E-state index contributed by atoms with van der Waals surface area (Å²) in [6.07, 6.45) is 38.1. The van der Waals surface area contributed by atoms with E-state index in [1.165, 1.54) is 84.5 Å². The molecule has 0 rings (SSSR count). The summed E-state index contributed by atoms with van der Waals surface area (Å²) in [5.74, 6) is -0.377. The maximum atomic E-state index is 10.5. The van der Waals surface area contributed by atoms with Crippen molar-refractivity contribution in [3.05, 3.63) is 48.6 Å². The minimum Gasteiger partial charge on any atom is -0.466 e.